The van der Waals surface area contributed by atoms with Gasteiger partial charge in [0.05, 0.1) is 4.90 Å². The number of hydrogen-bond acceptors (Lipinski definition) is 3. The number of pyridine rings is 1. The van der Waals surface area contributed by atoms with Crippen LogP contribution in [0.5, 0.6) is 0 Å². The van der Waals surface area contributed by atoms with Crippen LogP contribution in [0.3, 0.4) is 0 Å². The summed E-state index contributed by atoms with van der Waals surface area (Å²) >= 11 is 0. The molecule has 0 aliphatic rings. The Morgan fingerprint density at radius 2 is 1.62 bits per heavy atom. The van der Waals surface area contributed by atoms with Gasteiger partial charge in [0.1, 0.15) is 5.82 Å². The summed E-state index contributed by atoms with van der Waals surface area (Å²) in [5, 5.41) is 0. The lowest BCUT2D eigenvalue weighted by atomic mass is 10.1. The maximum atomic E-state index is 12.9. The van der Waals surface area contributed by atoms with Crippen molar-refractivity contribution in [1.82, 2.24) is 9.71 Å². The lowest BCUT2D eigenvalue weighted by Crippen LogP contribution is -2.23. The Labute approximate surface area is 140 Å². The van der Waals surface area contributed by atoms with Crippen molar-refractivity contribution >= 4 is 10.0 Å². The Morgan fingerprint density at radius 1 is 0.917 bits per heavy atom. The summed E-state index contributed by atoms with van der Waals surface area (Å²) in [6, 6.07) is 16.0. The first kappa shape index (κ1) is 16.3. The summed E-state index contributed by atoms with van der Waals surface area (Å²) < 4.78 is 40.0. The fourth-order valence-corrected chi connectivity index (χ4v) is 3.24. The monoisotopic (exact) mass is 342 g/mol. The van der Waals surface area contributed by atoms with Crippen molar-refractivity contribution in [3.8, 4) is 11.1 Å². The minimum absolute atomic E-state index is 0.104. The highest BCUT2D eigenvalue weighted by molar-refractivity contribution is 7.89. The van der Waals surface area contributed by atoms with Crippen molar-refractivity contribution in [2.75, 3.05) is 0 Å². The highest BCUT2D eigenvalue weighted by atomic mass is 32.2. The SMILES string of the molecule is O=S(=O)(NCc1ccc(F)cc1)c1ccc(-c2cccnc2)cc1. The summed E-state index contributed by atoms with van der Waals surface area (Å²) in [6.07, 6.45) is 3.40. The molecule has 4 nitrogen and oxygen atoms in total. The van der Waals surface area contributed by atoms with Gasteiger partial charge in [0.2, 0.25) is 10.0 Å². The lowest BCUT2D eigenvalue weighted by molar-refractivity contribution is 0.581. The molecular weight excluding hydrogens is 327 g/mol. The van der Waals surface area contributed by atoms with Crippen molar-refractivity contribution in [2.24, 2.45) is 0 Å². The van der Waals surface area contributed by atoms with E-state index in [0.29, 0.717) is 5.56 Å². The van der Waals surface area contributed by atoms with Crippen molar-refractivity contribution in [3.05, 3.63) is 84.4 Å². The molecule has 0 unspecified atom stereocenters. The van der Waals surface area contributed by atoms with Gasteiger partial charge in [-0.15, -0.1) is 0 Å². The highest BCUT2D eigenvalue weighted by Gasteiger charge is 2.13. The third-order valence-corrected chi connectivity index (χ3v) is 4.96. The van der Waals surface area contributed by atoms with Gasteiger partial charge in [0.15, 0.2) is 0 Å². The van der Waals surface area contributed by atoms with Gasteiger partial charge in [-0.25, -0.2) is 17.5 Å². The summed E-state index contributed by atoms with van der Waals surface area (Å²) in [5.74, 6) is -0.354. The van der Waals surface area contributed by atoms with Crippen LogP contribution in [0.25, 0.3) is 11.1 Å². The average Bonchev–Trinajstić information content (AvgIpc) is 2.62. The summed E-state index contributed by atoms with van der Waals surface area (Å²) in [4.78, 5) is 4.22. The van der Waals surface area contributed by atoms with Crippen molar-refractivity contribution in [3.63, 3.8) is 0 Å². The van der Waals surface area contributed by atoms with Gasteiger partial charge in [-0.3, -0.25) is 4.98 Å². The molecule has 1 aromatic heterocycles. The first-order valence-electron chi connectivity index (χ1n) is 7.29. The number of nitrogens with one attached hydrogen (secondary N) is 1. The molecule has 0 atom stereocenters. The van der Waals surface area contributed by atoms with Crippen LogP contribution in [0.2, 0.25) is 0 Å². The highest BCUT2D eigenvalue weighted by Crippen LogP contribution is 2.20. The van der Waals surface area contributed by atoms with Gasteiger partial charge >= 0.3 is 0 Å². The van der Waals surface area contributed by atoms with E-state index in [1.807, 2.05) is 12.1 Å². The zero-order chi connectivity index (χ0) is 17.0. The van der Waals surface area contributed by atoms with Gasteiger partial charge in [0.25, 0.3) is 0 Å². The molecule has 0 aliphatic heterocycles. The molecule has 1 heterocycles. The van der Waals surface area contributed by atoms with Crippen LogP contribution in [-0.2, 0) is 16.6 Å². The summed E-state index contributed by atoms with van der Waals surface area (Å²) in [5.41, 5.74) is 2.49. The topological polar surface area (TPSA) is 59.1 Å². The quantitative estimate of drug-likeness (QED) is 0.773. The second-order valence-corrected chi connectivity index (χ2v) is 6.98. The third kappa shape index (κ3) is 3.84. The molecule has 122 valence electrons. The molecule has 0 amide bonds. The lowest BCUT2D eigenvalue weighted by Gasteiger charge is -2.08. The molecule has 3 rings (SSSR count). The van der Waals surface area contributed by atoms with Gasteiger partial charge in [0, 0.05) is 18.9 Å². The van der Waals surface area contributed by atoms with E-state index in [0.717, 1.165) is 11.1 Å². The minimum Gasteiger partial charge on any atom is -0.264 e. The molecule has 0 spiro atoms. The summed E-state index contributed by atoms with van der Waals surface area (Å²) in [6.45, 7) is 0.104. The Morgan fingerprint density at radius 3 is 2.25 bits per heavy atom. The second-order valence-electron chi connectivity index (χ2n) is 5.22. The second kappa shape index (κ2) is 6.90. The Bertz CT molecular complexity index is 909. The number of nitrogens with zero attached hydrogens (tertiary/aromatic N) is 1. The van der Waals surface area contributed by atoms with Gasteiger partial charge in [-0.1, -0.05) is 30.3 Å². The number of sulfonamides is 1. The number of rotatable bonds is 5. The zero-order valence-electron chi connectivity index (χ0n) is 12.7. The molecule has 1 N–H and O–H groups in total. The Balaban J connectivity index is 1.74. The molecule has 0 saturated heterocycles. The van der Waals surface area contributed by atoms with Crippen molar-refractivity contribution in [1.29, 1.82) is 0 Å². The smallest absolute Gasteiger partial charge is 0.240 e. The molecule has 2 aromatic carbocycles. The van der Waals surface area contributed by atoms with Crippen LogP contribution in [0.15, 0.2) is 78.0 Å². The van der Waals surface area contributed by atoms with E-state index in [9.17, 15) is 12.8 Å². The number of aromatic nitrogens is 1. The maximum Gasteiger partial charge on any atom is 0.240 e. The Kier molecular flexibility index (Phi) is 4.69. The number of benzene rings is 2. The van der Waals surface area contributed by atoms with Crippen LogP contribution in [0.1, 0.15) is 5.56 Å². The van der Waals surface area contributed by atoms with Crippen LogP contribution in [0.4, 0.5) is 4.39 Å². The van der Waals surface area contributed by atoms with Crippen LogP contribution in [-0.4, -0.2) is 13.4 Å². The van der Waals surface area contributed by atoms with E-state index in [4.69, 9.17) is 0 Å². The van der Waals surface area contributed by atoms with Crippen molar-refractivity contribution in [2.45, 2.75) is 11.4 Å². The van der Waals surface area contributed by atoms with Gasteiger partial charge in [-0.05, 0) is 47.0 Å². The predicted molar refractivity (Wildman–Crippen MR) is 90.1 cm³/mol. The van der Waals surface area contributed by atoms with Crippen molar-refractivity contribution < 1.29 is 12.8 Å². The normalized spacial score (nSPS) is 11.4. The largest absolute Gasteiger partial charge is 0.264 e. The molecule has 3 aromatic rings. The molecule has 0 saturated carbocycles. The fraction of sp³-hybridized carbons (Fsp3) is 0.0556. The first-order chi connectivity index (χ1) is 11.5. The van der Waals surface area contributed by atoms with E-state index in [-0.39, 0.29) is 17.3 Å². The molecule has 24 heavy (non-hydrogen) atoms. The molecule has 0 radical (unpaired) electrons. The molecule has 0 bridgehead atoms. The molecular formula is C18H15FN2O2S. The van der Waals surface area contributed by atoms with E-state index in [1.54, 1.807) is 48.8 Å². The van der Waals surface area contributed by atoms with Crippen LogP contribution >= 0.6 is 0 Å². The van der Waals surface area contributed by atoms with Gasteiger partial charge < -0.3 is 0 Å². The predicted octanol–water partition coefficient (Wildman–Crippen LogP) is 3.37. The number of halogens is 1. The van der Waals surface area contributed by atoms with E-state index in [2.05, 4.69) is 9.71 Å². The standard InChI is InChI=1S/C18H15FN2O2S/c19-17-7-3-14(4-8-17)12-21-24(22,23)18-9-5-15(6-10-18)16-2-1-11-20-13-16/h1-11,13,21H,12H2. The van der Waals surface area contributed by atoms with Crippen LogP contribution in [0, 0.1) is 5.82 Å². The van der Waals surface area contributed by atoms with E-state index < -0.39 is 10.0 Å². The average molecular weight is 342 g/mol. The molecule has 6 heteroatoms. The zero-order valence-corrected chi connectivity index (χ0v) is 13.5. The van der Waals surface area contributed by atoms with E-state index >= 15 is 0 Å². The fourth-order valence-electron chi connectivity index (χ4n) is 2.22. The maximum absolute atomic E-state index is 12.9. The molecule has 0 aliphatic carbocycles. The number of hydrogen-bond donors (Lipinski definition) is 1. The molecule has 0 fully saturated rings. The third-order valence-electron chi connectivity index (χ3n) is 3.54. The van der Waals surface area contributed by atoms with Gasteiger partial charge in [-0.2, -0.15) is 0 Å². The minimum atomic E-state index is -3.63. The first-order valence-corrected chi connectivity index (χ1v) is 8.77. The van der Waals surface area contributed by atoms with E-state index in [1.165, 1.54) is 12.1 Å². The Hall–Kier alpha value is -2.57. The van der Waals surface area contributed by atoms with Crippen LogP contribution < -0.4 is 4.72 Å². The summed E-state index contributed by atoms with van der Waals surface area (Å²) in [7, 11) is -3.63.